The van der Waals surface area contributed by atoms with Crippen molar-refractivity contribution in [3.05, 3.63) is 23.8 Å². The van der Waals surface area contributed by atoms with Crippen LogP contribution < -0.4 is 10.5 Å². The molecular weight excluding hydrogens is 389 g/mol. The van der Waals surface area contributed by atoms with E-state index >= 15 is 0 Å². The summed E-state index contributed by atoms with van der Waals surface area (Å²) in [7, 11) is 1.53. The van der Waals surface area contributed by atoms with Gasteiger partial charge in [0.15, 0.2) is 17.5 Å². The SMILES string of the molecule is COc1cccc(CN=C(N)N2CCSCC2)c1O.I. The monoisotopic (exact) mass is 409 g/mol. The largest absolute Gasteiger partial charge is 0.504 e. The number of aliphatic imine (C=N–C) groups is 1. The molecule has 1 saturated heterocycles. The van der Waals surface area contributed by atoms with E-state index in [2.05, 4.69) is 9.89 Å². The van der Waals surface area contributed by atoms with E-state index in [1.165, 1.54) is 7.11 Å². The Labute approximate surface area is 140 Å². The van der Waals surface area contributed by atoms with Crippen molar-refractivity contribution >= 4 is 41.7 Å². The summed E-state index contributed by atoms with van der Waals surface area (Å²) >= 11 is 1.93. The summed E-state index contributed by atoms with van der Waals surface area (Å²) in [6.45, 7) is 2.23. The number of aromatic hydroxyl groups is 1. The summed E-state index contributed by atoms with van der Waals surface area (Å²) in [5.74, 6) is 3.31. The molecule has 0 spiro atoms. The quantitative estimate of drug-likeness (QED) is 0.453. The van der Waals surface area contributed by atoms with Gasteiger partial charge in [0.25, 0.3) is 0 Å². The van der Waals surface area contributed by atoms with Crippen LogP contribution in [0.3, 0.4) is 0 Å². The summed E-state index contributed by atoms with van der Waals surface area (Å²) in [4.78, 5) is 6.43. The minimum Gasteiger partial charge on any atom is -0.504 e. The highest BCUT2D eigenvalue weighted by atomic mass is 127. The van der Waals surface area contributed by atoms with Crippen LogP contribution in [0.5, 0.6) is 11.5 Å². The number of para-hydroxylation sites is 1. The first-order valence-electron chi connectivity index (χ1n) is 6.20. The van der Waals surface area contributed by atoms with Gasteiger partial charge in [-0.1, -0.05) is 12.1 Å². The van der Waals surface area contributed by atoms with Crippen molar-refractivity contribution in [3.63, 3.8) is 0 Å². The number of nitrogens with zero attached hydrogens (tertiary/aromatic N) is 2. The fourth-order valence-corrected chi connectivity index (χ4v) is 2.82. The molecule has 3 N–H and O–H groups in total. The van der Waals surface area contributed by atoms with Gasteiger partial charge in [0.2, 0.25) is 0 Å². The van der Waals surface area contributed by atoms with Crippen LogP contribution in [-0.2, 0) is 6.54 Å². The normalized spacial score (nSPS) is 15.7. The first-order chi connectivity index (χ1) is 9.22. The van der Waals surface area contributed by atoms with Crippen molar-refractivity contribution in [3.8, 4) is 11.5 Å². The first kappa shape index (κ1) is 17.2. The highest BCUT2D eigenvalue weighted by Crippen LogP contribution is 2.29. The molecule has 1 aromatic rings. The fourth-order valence-electron chi connectivity index (χ4n) is 1.92. The molecule has 5 nitrogen and oxygen atoms in total. The van der Waals surface area contributed by atoms with E-state index < -0.39 is 0 Å². The van der Waals surface area contributed by atoms with Crippen molar-refractivity contribution < 1.29 is 9.84 Å². The number of halogens is 1. The molecule has 0 amide bonds. The predicted octanol–water partition coefficient (Wildman–Crippen LogP) is 1.88. The van der Waals surface area contributed by atoms with Gasteiger partial charge in [-0.25, -0.2) is 4.99 Å². The van der Waals surface area contributed by atoms with E-state index in [4.69, 9.17) is 10.5 Å². The number of phenols is 1. The molecule has 0 atom stereocenters. The Bertz CT molecular complexity index is 465. The molecule has 0 aromatic heterocycles. The fraction of sp³-hybridized carbons (Fsp3) is 0.462. The Balaban J connectivity index is 0.00000200. The number of methoxy groups -OCH3 is 1. The van der Waals surface area contributed by atoms with E-state index in [1.54, 1.807) is 6.07 Å². The van der Waals surface area contributed by atoms with E-state index in [0.29, 0.717) is 23.8 Å². The van der Waals surface area contributed by atoms with Crippen LogP contribution in [0.15, 0.2) is 23.2 Å². The van der Waals surface area contributed by atoms with Crippen molar-refractivity contribution in [2.24, 2.45) is 10.7 Å². The van der Waals surface area contributed by atoms with Crippen molar-refractivity contribution in [2.45, 2.75) is 6.54 Å². The van der Waals surface area contributed by atoms with Gasteiger partial charge in [0, 0.05) is 30.2 Å². The predicted molar refractivity (Wildman–Crippen MR) is 94.3 cm³/mol. The maximum atomic E-state index is 9.96. The van der Waals surface area contributed by atoms with Crippen molar-refractivity contribution in [1.29, 1.82) is 0 Å². The summed E-state index contributed by atoms with van der Waals surface area (Å²) in [6, 6.07) is 5.37. The molecule has 0 radical (unpaired) electrons. The molecule has 0 unspecified atom stereocenters. The lowest BCUT2D eigenvalue weighted by molar-refractivity contribution is 0.370. The van der Waals surface area contributed by atoms with Crippen LogP contribution in [-0.4, -0.2) is 47.7 Å². The zero-order valence-corrected chi connectivity index (χ0v) is 14.6. The van der Waals surface area contributed by atoms with Crippen LogP contribution in [0.2, 0.25) is 0 Å². The van der Waals surface area contributed by atoms with Gasteiger partial charge in [0.1, 0.15) is 0 Å². The lowest BCUT2D eigenvalue weighted by atomic mass is 10.2. The Morgan fingerprint density at radius 1 is 1.45 bits per heavy atom. The lowest BCUT2D eigenvalue weighted by Crippen LogP contribution is -2.42. The zero-order chi connectivity index (χ0) is 13.7. The number of thioether (sulfide) groups is 1. The molecule has 1 heterocycles. The second-order valence-electron chi connectivity index (χ2n) is 4.24. The molecule has 1 aliphatic heterocycles. The summed E-state index contributed by atoms with van der Waals surface area (Å²) < 4.78 is 5.07. The zero-order valence-electron chi connectivity index (χ0n) is 11.4. The average Bonchev–Trinajstić information content (AvgIpc) is 2.47. The molecular formula is C13H20IN3O2S. The Morgan fingerprint density at radius 2 is 2.15 bits per heavy atom. The Kier molecular flexibility index (Phi) is 7.28. The number of phenolic OH excluding ortho intramolecular Hbond substituents is 1. The van der Waals surface area contributed by atoms with E-state index in [9.17, 15) is 5.11 Å². The average molecular weight is 409 g/mol. The molecule has 0 aliphatic carbocycles. The van der Waals surface area contributed by atoms with Gasteiger partial charge in [-0.3, -0.25) is 0 Å². The standard InChI is InChI=1S/C13H19N3O2S.HI/c1-18-11-4-2-3-10(12(11)17)9-15-13(14)16-5-7-19-8-6-16;/h2-4,17H,5-9H2,1H3,(H2,14,15);1H. The van der Waals surface area contributed by atoms with Gasteiger partial charge in [-0.2, -0.15) is 11.8 Å². The summed E-state index contributed by atoms with van der Waals surface area (Å²) in [6.07, 6.45) is 0. The van der Waals surface area contributed by atoms with Crippen LogP contribution in [0.4, 0.5) is 0 Å². The number of guanidine groups is 1. The highest BCUT2D eigenvalue weighted by Gasteiger charge is 2.12. The first-order valence-corrected chi connectivity index (χ1v) is 7.35. The maximum Gasteiger partial charge on any atom is 0.191 e. The molecule has 112 valence electrons. The van der Waals surface area contributed by atoms with E-state index in [0.717, 1.165) is 24.6 Å². The topological polar surface area (TPSA) is 71.1 Å². The second kappa shape index (κ2) is 8.46. The Morgan fingerprint density at radius 3 is 2.80 bits per heavy atom. The summed E-state index contributed by atoms with van der Waals surface area (Å²) in [5.41, 5.74) is 6.69. The molecule has 2 rings (SSSR count). The third-order valence-corrected chi connectivity index (χ3v) is 3.99. The van der Waals surface area contributed by atoms with E-state index in [-0.39, 0.29) is 29.7 Å². The number of hydrogen-bond acceptors (Lipinski definition) is 4. The van der Waals surface area contributed by atoms with Gasteiger partial charge in [-0.05, 0) is 6.07 Å². The molecule has 7 heteroatoms. The number of benzene rings is 1. The van der Waals surface area contributed by atoms with Crippen LogP contribution in [0, 0.1) is 0 Å². The molecule has 1 aromatic carbocycles. The van der Waals surface area contributed by atoms with Crippen LogP contribution in [0.25, 0.3) is 0 Å². The van der Waals surface area contributed by atoms with Crippen molar-refractivity contribution in [1.82, 2.24) is 4.90 Å². The molecule has 20 heavy (non-hydrogen) atoms. The van der Waals surface area contributed by atoms with Gasteiger partial charge in [0.05, 0.1) is 13.7 Å². The van der Waals surface area contributed by atoms with Gasteiger partial charge >= 0.3 is 0 Å². The third kappa shape index (κ3) is 4.34. The minimum atomic E-state index is 0. The number of rotatable bonds is 3. The third-order valence-electron chi connectivity index (χ3n) is 3.05. The lowest BCUT2D eigenvalue weighted by Gasteiger charge is -2.27. The summed E-state index contributed by atoms with van der Waals surface area (Å²) in [5, 5.41) is 9.96. The molecule has 1 fully saturated rings. The maximum absolute atomic E-state index is 9.96. The van der Waals surface area contributed by atoms with E-state index in [1.807, 2.05) is 23.9 Å². The van der Waals surface area contributed by atoms with Crippen LogP contribution >= 0.6 is 35.7 Å². The number of ether oxygens (including phenoxy) is 1. The van der Waals surface area contributed by atoms with Gasteiger partial charge in [-0.15, -0.1) is 24.0 Å². The molecule has 0 bridgehead atoms. The second-order valence-corrected chi connectivity index (χ2v) is 5.47. The Hall–Kier alpha value is -0.830. The van der Waals surface area contributed by atoms with Crippen molar-refractivity contribution in [2.75, 3.05) is 31.7 Å². The molecule has 1 aliphatic rings. The minimum absolute atomic E-state index is 0. The smallest absolute Gasteiger partial charge is 0.191 e. The number of nitrogens with two attached hydrogens (primary N) is 1. The molecule has 0 saturated carbocycles. The van der Waals surface area contributed by atoms with Crippen LogP contribution in [0.1, 0.15) is 5.56 Å². The highest BCUT2D eigenvalue weighted by molar-refractivity contribution is 14.0. The van der Waals surface area contributed by atoms with Gasteiger partial charge < -0.3 is 20.5 Å². The number of hydrogen-bond donors (Lipinski definition) is 2.